The van der Waals surface area contributed by atoms with Crippen LogP contribution in [0.15, 0.2) is 0 Å². The molecule has 0 heterocycles. The molecule has 1 N–H and O–H groups in total. The molecule has 76 valence electrons. The zero-order chi connectivity index (χ0) is 9.53. The van der Waals surface area contributed by atoms with E-state index < -0.39 is 0 Å². The SMILES string of the molecule is CC1(C)CCCC1(O)CCC1CC1. The van der Waals surface area contributed by atoms with Crippen molar-refractivity contribution in [1.82, 2.24) is 0 Å². The van der Waals surface area contributed by atoms with Gasteiger partial charge in [-0.2, -0.15) is 0 Å². The van der Waals surface area contributed by atoms with E-state index in [4.69, 9.17) is 0 Å². The van der Waals surface area contributed by atoms with E-state index in [1.54, 1.807) is 0 Å². The summed E-state index contributed by atoms with van der Waals surface area (Å²) in [4.78, 5) is 0. The summed E-state index contributed by atoms with van der Waals surface area (Å²) in [5.74, 6) is 0.959. The molecule has 1 heteroatoms. The average molecular weight is 182 g/mol. The summed E-state index contributed by atoms with van der Waals surface area (Å²) in [6.45, 7) is 4.46. The third kappa shape index (κ3) is 1.76. The van der Waals surface area contributed by atoms with Gasteiger partial charge in [0.25, 0.3) is 0 Å². The van der Waals surface area contributed by atoms with Gasteiger partial charge in [0.2, 0.25) is 0 Å². The fourth-order valence-corrected chi connectivity index (χ4v) is 2.71. The van der Waals surface area contributed by atoms with Crippen LogP contribution in [0, 0.1) is 11.3 Å². The van der Waals surface area contributed by atoms with Crippen molar-refractivity contribution in [1.29, 1.82) is 0 Å². The van der Waals surface area contributed by atoms with Crippen molar-refractivity contribution in [3.8, 4) is 0 Å². The van der Waals surface area contributed by atoms with E-state index in [0.717, 1.165) is 18.8 Å². The van der Waals surface area contributed by atoms with Crippen LogP contribution >= 0.6 is 0 Å². The van der Waals surface area contributed by atoms with Crippen molar-refractivity contribution >= 4 is 0 Å². The van der Waals surface area contributed by atoms with Crippen molar-refractivity contribution < 1.29 is 5.11 Å². The molecule has 0 saturated heterocycles. The molecule has 2 aliphatic rings. The highest BCUT2D eigenvalue weighted by Crippen LogP contribution is 2.50. The summed E-state index contributed by atoms with van der Waals surface area (Å²) in [5.41, 5.74) is -0.169. The van der Waals surface area contributed by atoms with Crippen LogP contribution in [0.3, 0.4) is 0 Å². The van der Waals surface area contributed by atoms with Crippen LogP contribution in [0.25, 0.3) is 0 Å². The Bertz CT molecular complexity index is 193. The summed E-state index contributed by atoms with van der Waals surface area (Å²) in [5, 5.41) is 10.5. The highest BCUT2D eigenvalue weighted by molar-refractivity contribution is 4.99. The lowest BCUT2D eigenvalue weighted by Crippen LogP contribution is -2.39. The molecule has 13 heavy (non-hydrogen) atoms. The van der Waals surface area contributed by atoms with E-state index in [1.165, 1.54) is 32.1 Å². The summed E-state index contributed by atoms with van der Waals surface area (Å²) in [7, 11) is 0. The summed E-state index contributed by atoms with van der Waals surface area (Å²) < 4.78 is 0. The first-order chi connectivity index (χ1) is 6.04. The van der Waals surface area contributed by atoms with E-state index in [-0.39, 0.29) is 11.0 Å². The zero-order valence-corrected chi connectivity index (χ0v) is 8.97. The summed E-state index contributed by atoms with van der Waals surface area (Å²) in [6.07, 6.45) is 8.59. The standard InChI is InChI=1S/C12H22O/c1-11(2)7-3-8-12(11,13)9-6-10-4-5-10/h10,13H,3-9H2,1-2H3. The number of hydrogen-bond acceptors (Lipinski definition) is 1. The lowest BCUT2D eigenvalue weighted by Gasteiger charge is -2.37. The topological polar surface area (TPSA) is 20.2 Å². The van der Waals surface area contributed by atoms with E-state index in [2.05, 4.69) is 13.8 Å². The molecule has 0 amide bonds. The number of aliphatic hydroxyl groups is 1. The van der Waals surface area contributed by atoms with Gasteiger partial charge in [-0.3, -0.25) is 0 Å². The van der Waals surface area contributed by atoms with Gasteiger partial charge in [0.15, 0.2) is 0 Å². The molecule has 0 aromatic rings. The van der Waals surface area contributed by atoms with Gasteiger partial charge in [0, 0.05) is 0 Å². The van der Waals surface area contributed by atoms with E-state index in [9.17, 15) is 5.11 Å². The minimum atomic E-state index is -0.338. The normalized spacial score (nSPS) is 38.1. The van der Waals surface area contributed by atoms with Crippen LogP contribution in [0.4, 0.5) is 0 Å². The lowest BCUT2D eigenvalue weighted by molar-refractivity contribution is -0.0517. The summed E-state index contributed by atoms with van der Waals surface area (Å²) in [6, 6.07) is 0. The smallest absolute Gasteiger partial charge is 0.0698 e. The minimum absolute atomic E-state index is 0.169. The zero-order valence-electron chi connectivity index (χ0n) is 8.97. The maximum Gasteiger partial charge on any atom is 0.0698 e. The summed E-state index contributed by atoms with van der Waals surface area (Å²) >= 11 is 0. The Labute approximate surface area is 81.5 Å². The number of rotatable bonds is 3. The Morgan fingerprint density at radius 1 is 1.23 bits per heavy atom. The molecule has 1 atom stereocenters. The van der Waals surface area contributed by atoms with Gasteiger partial charge < -0.3 is 5.11 Å². The van der Waals surface area contributed by atoms with E-state index >= 15 is 0 Å². The third-order valence-electron chi connectivity index (χ3n) is 4.31. The van der Waals surface area contributed by atoms with E-state index in [1.807, 2.05) is 0 Å². The van der Waals surface area contributed by atoms with Gasteiger partial charge >= 0.3 is 0 Å². The first-order valence-corrected chi connectivity index (χ1v) is 5.76. The van der Waals surface area contributed by atoms with Crippen LogP contribution in [0.2, 0.25) is 0 Å². The fraction of sp³-hybridized carbons (Fsp3) is 1.00. The van der Waals surface area contributed by atoms with Crippen LogP contribution in [0.1, 0.15) is 58.8 Å². The molecule has 0 radical (unpaired) electrons. The molecule has 0 aromatic heterocycles. The highest BCUT2D eigenvalue weighted by atomic mass is 16.3. The van der Waals surface area contributed by atoms with Crippen molar-refractivity contribution in [3.63, 3.8) is 0 Å². The molecule has 0 spiro atoms. The Balaban J connectivity index is 1.92. The van der Waals surface area contributed by atoms with Crippen LogP contribution in [0.5, 0.6) is 0 Å². The average Bonchev–Trinajstić information content (AvgIpc) is 2.79. The molecule has 2 aliphatic carbocycles. The van der Waals surface area contributed by atoms with Gasteiger partial charge in [-0.05, 0) is 43.4 Å². The van der Waals surface area contributed by atoms with Crippen LogP contribution in [-0.4, -0.2) is 10.7 Å². The second kappa shape index (κ2) is 2.98. The van der Waals surface area contributed by atoms with Crippen molar-refractivity contribution in [2.24, 2.45) is 11.3 Å². The molecule has 1 nitrogen and oxygen atoms in total. The Kier molecular flexibility index (Phi) is 2.18. The molecule has 1 unspecified atom stereocenters. The highest BCUT2D eigenvalue weighted by Gasteiger charge is 2.47. The third-order valence-corrected chi connectivity index (χ3v) is 4.31. The molecule has 2 fully saturated rings. The Hall–Kier alpha value is -0.0400. The predicted molar refractivity (Wildman–Crippen MR) is 54.5 cm³/mol. The molecule has 0 aromatic carbocycles. The first-order valence-electron chi connectivity index (χ1n) is 5.76. The Morgan fingerprint density at radius 2 is 1.92 bits per heavy atom. The molecular formula is C12H22O. The second-order valence-corrected chi connectivity index (χ2v) is 5.75. The molecule has 2 saturated carbocycles. The quantitative estimate of drug-likeness (QED) is 0.711. The first kappa shape index (κ1) is 9.51. The molecule has 0 aliphatic heterocycles. The van der Waals surface area contributed by atoms with Gasteiger partial charge in [-0.15, -0.1) is 0 Å². The van der Waals surface area contributed by atoms with Crippen molar-refractivity contribution in [3.05, 3.63) is 0 Å². The fourth-order valence-electron chi connectivity index (χ4n) is 2.71. The maximum absolute atomic E-state index is 10.5. The largest absolute Gasteiger partial charge is 0.389 e. The van der Waals surface area contributed by atoms with Crippen LogP contribution in [-0.2, 0) is 0 Å². The van der Waals surface area contributed by atoms with Crippen molar-refractivity contribution in [2.75, 3.05) is 0 Å². The molecule has 0 bridgehead atoms. The Morgan fingerprint density at radius 3 is 2.38 bits per heavy atom. The predicted octanol–water partition coefficient (Wildman–Crippen LogP) is 3.12. The van der Waals surface area contributed by atoms with Gasteiger partial charge in [0.1, 0.15) is 0 Å². The van der Waals surface area contributed by atoms with Gasteiger partial charge in [-0.1, -0.05) is 26.7 Å². The van der Waals surface area contributed by atoms with Gasteiger partial charge in [-0.25, -0.2) is 0 Å². The maximum atomic E-state index is 10.5. The lowest BCUT2D eigenvalue weighted by atomic mass is 9.75. The van der Waals surface area contributed by atoms with Crippen molar-refractivity contribution in [2.45, 2.75) is 64.4 Å². The van der Waals surface area contributed by atoms with E-state index in [0.29, 0.717) is 0 Å². The van der Waals surface area contributed by atoms with Gasteiger partial charge in [0.05, 0.1) is 5.60 Å². The molecular weight excluding hydrogens is 160 g/mol. The molecule has 2 rings (SSSR count). The minimum Gasteiger partial charge on any atom is -0.389 e. The monoisotopic (exact) mass is 182 g/mol. The van der Waals surface area contributed by atoms with Crippen LogP contribution < -0.4 is 0 Å². The number of hydrogen-bond donors (Lipinski definition) is 1. The second-order valence-electron chi connectivity index (χ2n) is 5.75.